The fraction of sp³-hybridized carbons (Fsp3) is 0.200. The van der Waals surface area contributed by atoms with Gasteiger partial charge in [-0.05, 0) is 28.7 Å². The number of rotatable bonds is 3. The van der Waals surface area contributed by atoms with E-state index < -0.39 is 0 Å². The summed E-state index contributed by atoms with van der Waals surface area (Å²) in [4.78, 5) is 0. The van der Waals surface area contributed by atoms with Gasteiger partial charge in [0.2, 0.25) is 0 Å². The van der Waals surface area contributed by atoms with Gasteiger partial charge in [0.1, 0.15) is 0 Å². The third kappa shape index (κ3) is 2.10. The van der Waals surface area contributed by atoms with Crippen LogP contribution in [0.5, 0.6) is 0 Å². The molecule has 76 valence electrons. The average molecular weight is 196 g/mol. The van der Waals surface area contributed by atoms with Crippen LogP contribution in [0, 0.1) is 0 Å². The lowest BCUT2D eigenvalue weighted by molar-refractivity contribution is 0.783. The van der Waals surface area contributed by atoms with Gasteiger partial charge in [-0.25, -0.2) is 0 Å². The minimum absolute atomic E-state index is 0.562. The predicted molar refractivity (Wildman–Crippen MR) is 67.2 cm³/mol. The van der Waals surface area contributed by atoms with E-state index in [0.717, 1.165) is 6.42 Å². The van der Waals surface area contributed by atoms with Crippen LogP contribution < -0.4 is 0 Å². The van der Waals surface area contributed by atoms with Gasteiger partial charge in [-0.15, -0.1) is 6.58 Å². The first-order chi connectivity index (χ1) is 7.31. The first-order valence-electron chi connectivity index (χ1n) is 5.41. The normalized spacial score (nSPS) is 12.6. The lowest BCUT2D eigenvalue weighted by atomic mass is 9.95. The molecule has 0 fully saturated rings. The molecule has 2 aromatic rings. The Balaban J connectivity index is 2.42. The summed E-state index contributed by atoms with van der Waals surface area (Å²) >= 11 is 0. The van der Waals surface area contributed by atoms with Crippen LogP contribution in [-0.4, -0.2) is 0 Å². The van der Waals surface area contributed by atoms with Crippen molar-refractivity contribution in [3.05, 3.63) is 60.7 Å². The lowest BCUT2D eigenvalue weighted by Crippen LogP contribution is -1.91. The van der Waals surface area contributed by atoms with Gasteiger partial charge < -0.3 is 0 Å². The van der Waals surface area contributed by atoms with Gasteiger partial charge in [-0.1, -0.05) is 55.5 Å². The van der Waals surface area contributed by atoms with Crippen molar-refractivity contribution >= 4 is 10.8 Å². The maximum atomic E-state index is 3.79. The molecule has 0 heteroatoms. The topological polar surface area (TPSA) is 0 Å². The molecule has 0 saturated carbocycles. The third-order valence-electron chi connectivity index (χ3n) is 2.86. The molecule has 2 aromatic carbocycles. The smallest absolute Gasteiger partial charge is 0.0156 e. The Hall–Kier alpha value is -1.56. The maximum Gasteiger partial charge on any atom is -0.0156 e. The number of hydrogen-bond donors (Lipinski definition) is 0. The largest absolute Gasteiger partial charge is 0.103 e. The van der Waals surface area contributed by atoms with E-state index in [1.165, 1.54) is 16.3 Å². The van der Waals surface area contributed by atoms with Gasteiger partial charge >= 0.3 is 0 Å². The number of hydrogen-bond acceptors (Lipinski definition) is 0. The monoisotopic (exact) mass is 196 g/mol. The molecule has 0 N–H and O–H groups in total. The average Bonchev–Trinajstić information content (AvgIpc) is 2.29. The van der Waals surface area contributed by atoms with Crippen molar-refractivity contribution in [3.63, 3.8) is 0 Å². The second-order valence-electron chi connectivity index (χ2n) is 4.03. The van der Waals surface area contributed by atoms with Crippen molar-refractivity contribution in [3.8, 4) is 0 Å². The molecule has 0 aliphatic carbocycles. The van der Waals surface area contributed by atoms with Gasteiger partial charge in [0.25, 0.3) is 0 Å². The summed E-state index contributed by atoms with van der Waals surface area (Å²) in [7, 11) is 0. The number of benzene rings is 2. The molecule has 0 aliphatic rings. The minimum atomic E-state index is 0.562. The van der Waals surface area contributed by atoms with E-state index >= 15 is 0 Å². The summed E-state index contributed by atoms with van der Waals surface area (Å²) in [5, 5.41) is 2.64. The highest BCUT2D eigenvalue weighted by molar-refractivity contribution is 5.83. The van der Waals surface area contributed by atoms with Crippen LogP contribution in [0.1, 0.15) is 24.8 Å². The molecule has 0 spiro atoms. The molecule has 1 atom stereocenters. The first-order valence-corrected chi connectivity index (χ1v) is 5.41. The Morgan fingerprint density at radius 2 is 1.87 bits per heavy atom. The molecule has 0 amide bonds. The maximum absolute atomic E-state index is 3.79. The van der Waals surface area contributed by atoms with E-state index in [1.54, 1.807) is 0 Å². The van der Waals surface area contributed by atoms with E-state index in [1.807, 2.05) is 6.08 Å². The zero-order valence-electron chi connectivity index (χ0n) is 9.11. The fourth-order valence-corrected chi connectivity index (χ4v) is 1.90. The van der Waals surface area contributed by atoms with Gasteiger partial charge in [-0.2, -0.15) is 0 Å². The Morgan fingerprint density at radius 3 is 2.60 bits per heavy atom. The third-order valence-corrected chi connectivity index (χ3v) is 2.86. The summed E-state index contributed by atoms with van der Waals surface area (Å²) < 4.78 is 0. The quantitative estimate of drug-likeness (QED) is 0.633. The molecule has 2 rings (SSSR count). The van der Waals surface area contributed by atoms with Gasteiger partial charge in [0.15, 0.2) is 0 Å². The first kappa shape index (κ1) is 9.97. The minimum Gasteiger partial charge on any atom is -0.103 e. The molecule has 15 heavy (non-hydrogen) atoms. The van der Waals surface area contributed by atoms with E-state index in [9.17, 15) is 0 Å². The van der Waals surface area contributed by atoms with E-state index in [4.69, 9.17) is 0 Å². The van der Waals surface area contributed by atoms with E-state index in [-0.39, 0.29) is 0 Å². The van der Waals surface area contributed by atoms with Crippen LogP contribution in [0.15, 0.2) is 55.1 Å². The molecule has 0 aliphatic heterocycles. The van der Waals surface area contributed by atoms with Crippen molar-refractivity contribution in [1.29, 1.82) is 0 Å². The molecule has 0 nitrogen and oxygen atoms in total. The van der Waals surface area contributed by atoms with Crippen molar-refractivity contribution in [2.75, 3.05) is 0 Å². The zero-order valence-corrected chi connectivity index (χ0v) is 9.11. The molecule has 0 heterocycles. The highest BCUT2D eigenvalue weighted by atomic mass is 14.1. The standard InChI is InChI=1S/C15H16/c1-3-6-12(2)14-10-9-13-7-4-5-8-15(13)11-14/h3-5,7-12H,1,6H2,2H3. The van der Waals surface area contributed by atoms with Crippen LogP contribution in [-0.2, 0) is 0 Å². The summed E-state index contributed by atoms with van der Waals surface area (Å²) in [5.74, 6) is 0.562. The molecule has 0 aromatic heterocycles. The van der Waals surface area contributed by atoms with E-state index in [2.05, 4.69) is 56.0 Å². The number of allylic oxidation sites excluding steroid dienone is 1. The van der Waals surface area contributed by atoms with Crippen molar-refractivity contribution in [2.45, 2.75) is 19.3 Å². The van der Waals surface area contributed by atoms with E-state index in [0.29, 0.717) is 5.92 Å². The summed E-state index contributed by atoms with van der Waals surface area (Å²) in [6, 6.07) is 15.2. The molecular weight excluding hydrogens is 180 g/mol. The Morgan fingerprint density at radius 1 is 1.13 bits per heavy atom. The van der Waals surface area contributed by atoms with Crippen LogP contribution in [0.2, 0.25) is 0 Å². The van der Waals surface area contributed by atoms with Gasteiger partial charge in [-0.3, -0.25) is 0 Å². The number of fused-ring (bicyclic) bond motifs is 1. The Bertz CT molecular complexity index is 468. The highest BCUT2D eigenvalue weighted by Crippen LogP contribution is 2.23. The van der Waals surface area contributed by atoms with Crippen LogP contribution >= 0.6 is 0 Å². The van der Waals surface area contributed by atoms with Crippen molar-refractivity contribution in [2.24, 2.45) is 0 Å². The predicted octanol–water partition coefficient (Wildman–Crippen LogP) is 4.52. The molecular formula is C15H16. The van der Waals surface area contributed by atoms with Gasteiger partial charge in [0.05, 0.1) is 0 Å². The second-order valence-corrected chi connectivity index (χ2v) is 4.03. The SMILES string of the molecule is C=CCC(C)c1ccc2ccccc2c1. The molecule has 0 radical (unpaired) electrons. The van der Waals surface area contributed by atoms with Gasteiger partial charge in [0, 0.05) is 0 Å². The zero-order chi connectivity index (χ0) is 10.7. The molecule has 0 bridgehead atoms. The lowest BCUT2D eigenvalue weighted by Gasteiger charge is -2.10. The van der Waals surface area contributed by atoms with Crippen LogP contribution in [0.25, 0.3) is 10.8 Å². The van der Waals surface area contributed by atoms with Crippen LogP contribution in [0.3, 0.4) is 0 Å². The summed E-state index contributed by atoms with van der Waals surface area (Å²) in [6.45, 7) is 6.03. The molecule has 1 unspecified atom stereocenters. The second kappa shape index (κ2) is 4.31. The Kier molecular flexibility index (Phi) is 2.86. The van der Waals surface area contributed by atoms with Crippen LogP contribution in [0.4, 0.5) is 0 Å². The Labute approximate surface area is 91.2 Å². The highest BCUT2D eigenvalue weighted by Gasteiger charge is 2.03. The fourth-order valence-electron chi connectivity index (χ4n) is 1.90. The summed E-state index contributed by atoms with van der Waals surface area (Å²) in [6.07, 6.45) is 3.03. The van der Waals surface area contributed by atoms with Crippen molar-refractivity contribution in [1.82, 2.24) is 0 Å². The summed E-state index contributed by atoms with van der Waals surface area (Å²) in [5.41, 5.74) is 1.40. The molecule has 0 saturated heterocycles. The van der Waals surface area contributed by atoms with Crippen molar-refractivity contribution < 1.29 is 0 Å².